The number of rotatable bonds is 12. The molecule has 0 N–H and O–H groups in total. The molecule has 0 radical (unpaired) electrons. The summed E-state index contributed by atoms with van der Waals surface area (Å²) in [5.74, 6) is 0. The van der Waals surface area contributed by atoms with Crippen molar-refractivity contribution in [3.05, 3.63) is 0 Å². The van der Waals surface area contributed by atoms with Crippen LogP contribution in [0.1, 0.15) is 0 Å². The van der Waals surface area contributed by atoms with Crippen molar-refractivity contribution >= 4 is 49.4 Å². The molecular weight excluding hydrogens is 540 g/mol. The van der Waals surface area contributed by atoms with Gasteiger partial charge in [0.1, 0.15) is 12.2 Å². The van der Waals surface area contributed by atoms with Crippen molar-refractivity contribution in [2.45, 2.75) is 123 Å². The number of ether oxygens (including phenoxy) is 1. The third-order valence-electron chi connectivity index (χ3n) is 3.87. The summed E-state index contributed by atoms with van der Waals surface area (Å²) in [4.78, 5) is 0. The molecule has 0 spiro atoms. The zero-order valence-electron chi connectivity index (χ0n) is 24.2. The first-order valence-electron chi connectivity index (χ1n) is 12.1. The lowest BCUT2D eigenvalue weighted by Crippen LogP contribution is -2.62. The fourth-order valence-electron chi connectivity index (χ4n) is 3.33. The molecule has 1 heterocycles. The van der Waals surface area contributed by atoms with Gasteiger partial charge >= 0.3 is 7.82 Å². The maximum Gasteiger partial charge on any atom is 0.457 e. The second-order valence-electron chi connectivity index (χ2n) is 13.8. The third kappa shape index (κ3) is 13.5. The maximum absolute atomic E-state index is 13.9. The molecule has 4 atom stereocenters. The largest absolute Gasteiger partial charge is 0.457 e. The quantitative estimate of drug-likeness (QED) is 0.181. The van der Waals surface area contributed by atoms with E-state index in [1.165, 1.54) is 0 Å². The second kappa shape index (κ2) is 11.4. The van der Waals surface area contributed by atoms with E-state index in [2.05, 4.69) is 58.9 Å². The van der Waals surface area contributed by atoms with Crippen LogP contribution < -0.4 is 0 Å². The second-order valence-corrected chi connectivity index (χ2v) is 38.2. The Balaban J connectivity index is 3.45. The van der Waals surface area contributed by atoms with Crippen LogP contribution in [0.4, 0.5) is 0 Å². The van der Waals surface area contributed by atoms with Gasteiger partial charge in [-0.15, -0.1) is 0 Å². The van der Waals surface area contributed by atoms with Gasteiger partial charge in [-0.1, -0.05) is 0 Å². The lowest BCUT2D eigenvalue weighted by molar-refractivity contribution is -0.233. The van der Waals surface area contributed by atoms with Crippen LogP contribution >= 0.6 is 7.82 Å². The first kappa shape index (κ1) is 33.1. The standard InChI is InChI=1S/C20H51O8PSi5/c1-30(2,3)24-17-16-22-20(19(26-32(7,8)9)18(17)25-31(4,5)6)23-29(21,27-33(10,11)12)28-34(13,14)15/h17-20H,16H2,1-15H3. The van der Waals surface area contributed by atoms with Crippen molar-refractivity contribution in [3.8, 4) is 0 Å². The van der Waals surface area contributed by atoms with Crippen molar-refractivity contribution in [2.24, 2.45) is 0 Å². The summed E-state index contributed by atoms with van der Waals surface area (Å²) in [5, 5.41) is 0. The lowest BCUT2D eigenvalue weighted by Gasteiger charge is -2.48. The van der Waals surface area contributed by atoms with E-state index in [9.17, 15) is 4.57 Å². The molecule has 0 saturated carbocycles. The van der Waals surface area contributed by atoms with E-state index in [1.54, 1.807) is 0 Å². The molecule has 14 heteroatoms. The molecule has 4 unspecified atom stereocenters. The Morgan fingerprint density at radius 3 is 1.32 bits per heavy atom. The van der Waals surface area contributed by atoms with Crippen molar-refractivity contribution in [2.75, 3.05) is 6.61 Å². The van der Waals surface area contributed by atoms with Crippen LogP contribution in [-0.4, -0.2) is 72.8 Å². The fraction of sp³-hybridized carbons (Fsp3) is 1.00. The number of hydrogen-bond acceptors (Lipinski definition) is 8. The van der Waals surface area contributed by atoms with Crippen LogP contribution in [0.3, 0.4) is 0 Å². The average Bonchev–Trinajstić information content (AvgIpc) is 2.45. The summed E-state index contributed by atoms with van der Waals surface area (Å²) in [6, 6.07) is 0. The van der Waals surface area contributed by atoms with E-state index >= 15 is 0 Å². The lowest BCUT2D eigenvalue weighted by atomic mass is 10.1. The fourth-order valence-corrected chi connectivity index (χ4v) is 13.2. The SMILES string of the molecule is C[Si](C)(C)OC1COC(OP(=O)(O[Si](C)(C)C)O[Si](C)(C)C)C(O[Si](C)(C)C)C1O[Si](C)(C)C. The Morgan fingerprint density at radius 2 is 0.971 bits per heavy atom. The highest BCUT2D eigenvalue weighted by atomic mass is 31.2. The summed E-state index contributed by atoms with van der Waals surface area (Å²) < 4.78 is 58.1. The van der Waals surface area contributed by atoms with Crippen LogP contribution in [0.5, 0.6) is 0 Å². The van der Waals surface area contributed by atoms with Crippen LogP contribution in [0.2, 0.25) is 98.2 Å². The topological polar surface area (TPSA) is 81.7 Å². The Morgan fingerprint density at radius 1 is 0.588 bits per heavy atom. The van der Waals surface area contributed by atoms with Crippen LogP contribution in [0.25, 0.3) is 0 Å². The van der Waals surface area contributed by atoms with Crippen molar-refractivity contribution in [3.63, 3.8) is 0 Å². The molecule has 1 rings (SSSR count). The van der Waals surface area contributed by atoms with Crippen molar-refractivity contribution < 1.29 is 35.5 Å². The zero-order chi connectivity index (χ0) is 27.0. The Kier molecular flexibility index (Phi) is 11.1. The summed E-state index contributed by atoms with van der Waals surface area (Å²) in [6.07, 6.45) is -2.27. The number of hydrogen-bond donors (Lipinski definition) is 0. The maximum atomic E-state index is 13.9. The minimum Gasteiger partial charge on any atom is -0.410 e. The van der Waals surface area contributed by atoms with E-state index in [4.69, 9.17) is 31.0 Å². The number of phosphoric acid groups is 1. The Labute approximate surface area is 214 Å². The van der Waals surface area contributed by atoms with Gasteiger partial charge in [-0.05, 0) is 98.2 Å². The highest BCUT2D eigenvalue weighted by molar-refractivity contribution is 7.52. The molecule has 34 heavy (non-hydrogen) atoms. The monoisotopic (exact) mass is 590 g/mol. The summed E-state index contributed by atoms with van der Waals surface area (Å²) in [6.45, 7) is 31.2. The third-order valence-corrected chi connectivity index (χ3v) is 13.5. The van der Waals surface area contributed by atoms with Crippen LogP contribution in [-0.2, 0) is 35.5 Å². The molecule has 204 valence electrons. The minimum absolute atomic E-state index is 0.259. The van der Waals surface area contributed by atoms with E-state index in [0.29, 0.717) is 0 Å². The summed E-state index contributed by atoms with van der Waals surface area (Å²) in [7, 11) is -14.4. The summed E-state index contributed by atoms with van der Waals surface area (Å²) in [5.41, 5.74) is 0. The first-order chi connectivity index (χ1) is 14.8. The molecule has 8 nitrogen and oxygen atoms in total. The van der Waals surface area contributed by atoms with Gasteiger partial charge in [-0.3, -0.25) is 4.52 Å². The van der Waals surface area contributed by atoms with Gasteiger partial charge in [0.2, 0.25) is 0 Å². The van der Waals surface area contributed by atoms with Gasteiger partial charge in [-0.25, -0.2) is 4.57 Å². The summed E-state index contributed by atoms with van der Waals surface area (Å²) >= 11 is 0. The van der Waals surface area contributed by atoms with Gasteiger partial charge in [0.25, 0.3) is 0 Å². The molecule has 0 amide bonds. The molecule has 0 aromatic rings. The smallest absolute Gasteiger partial charge is 0.410 e. The molecule has 0 aromatic heterocycles. The van der Waals surface area contributed by atoms with E-state index in [-0.39, 0.29) is 12.7 Å². The van der Waals surface area contributed by atoms with Gasteiger partial charge in [0.15, 0.2) is 47.9 Å². The molecule has 0 aromatic carbocycles. The van der Waals surface area contributed by atoms with Crippen LogP contribution in [0, 0.1) is 0 Å². The van der Waals surface area contributed by atoms with E-state index < -0.39 is 67.9 Å². The molecule has 0 bridgehead atoms. The molecule has 1 fully saturated rings. The molecule has 1 aliphatic heterocycles. The van der Waals surface area contributed by atoms with Crippen molar-refractivity contribution in [1.29, 1.82) is 0 Å². The predicted octanol–water partition coefficient (Wildman–Crippen LogP) is 6.83. The Hall–Kier alpha value is 1.03. The predicted molar refractivity (Wildman–Crippen MR) is 152 cm³/mol. The van der Waals surface area contributed by atoms with Crippen molar-refractivity contribution in [1.82, 2.24) is 0 Å². The van der Waals surface area contributed by atoms with Gasteiger partial charge in [0, 0.05) is 0 Å². The first-order valence-corrected chi connectivity index (χ1v) is 30.6. The van der Waals surface area contributed by atoms with Crippen LogP contribution in [0.15, 0.2) is 0 Å². The minimum atomic E-state index is -3.91. The van der Waals surface area contributed by atoms with E-state index in [1.807, 2.05) is 39.3 Å². The van der Waals surface area contributed by atoms with Gasteiger partial charge in [-0.2, -0.15) is 0 Å². The van der Waals surface area contributed by atoms with E-state index in [0.717, 1.165) is 0 Å². The zero-order valence-corrected chi connectivity index (χ0v) is 30.1. The highest BCUT2D eigenvalue weighted by Crippen LogP contribution is 2.56. The molecular formula is C20H51O8PSi5. The molecule has 1 saturated heterocycles. The van der Waals surface area contributed by atoms with Gasteiger partial charge in [0.05, 0.1) is 12.7 Å². The molecule has 1 aliphatic rings. The molecule has 0 aliphatic carbocycles. The Bertz CT molecular complexity index is 686. The normalized spacial score (nSPS) is 26.1. The highest BCUT2D eigenvalue weighted by Gasteiger charge is 2.51. The average molecular weight is 591 g/mol. The van der Waals surface area contributed by atoms with Gasteiger partial charge < -0.3 is 26.4 Å².